The van der Waals surface area contributed by atoms with E-state index in [1.807, 2.05) is 23.1 Å². The zero-order valence-electron chi connectivity index (χ0n) is 11.4. The van der Waals surface area contributed by atoms with Crippen LogP contribution in [0.15, 0.2) is 30.6 Å². The molecule has 1 amide bonds. The van der Waals surface area contributed by atoms with E-state index in [1.54, 1.807) is 12.4 Å². The summed E-state index contributed by atoms with van der Waals surface area (Å²) >= 11 is 0. The first-order valence-corrected chi connectivity index (χ1v) is 7.05. The van der Waals surface area contributed by atoms with Gasteiger partial charge in [0.05, 0.1) is 0 Å². The van der Waals surface area contributed by atoms with E-state index in [0.29, 0.717) is 0 Å². The van der Waals surface area contributed by atoms with Gasteiger partial charge in [0.15, 0.2) is 0 Å². The molecule has 0 aromatic carbocycles. The van der Waals surface area contributed by atoms with Crippen molar-refractivity contribution in [1.29, 1.82) is 0 Å². The van der Waals surface area contributed by atoms with E-state index in [1.165, 1.54) is 0 Å². The van der Waals surface area contributed by atoms with Crippen LogP contribution >= 0.6 is 0 Å². The van der Waals surface area contributed by atoms with Crippen LogP contribution in [0.1, 0.15) is 6.42 Å². The van der Waals surface area contributed by atoms with Crippen molar-refractivity contribution in [3.05, 3.63) is 30.6 Å². The quantitative estimate of drug-likeness (QED) is 0.771. The molecule has 1 N–H and O–H groups in total. The Morgan fingerprint density at radius 3 is 2.80 bits per heavy atom. The SMILES string of the molecule is O=C([C@H]1C=CCN1)N1CCCN(c2ncccn2)CC1. The first-order chi connectivity index (χ1) is 9.84. The molecule has 0 saturated carbocycles. The molecular formula is C14H19N5O. The van der Waals surface area contributed by atoms with E-state index in [-0.39, 0.29) is 11.9 Å². The second-order valence-electron chi connectivity index (χ2n) is 5.03. The standard InChI is InChI=1S/C14H19N5O/c20-13(12-4-1-5-15-12)18-8-3-9-19(11-10-18)14-16-6-2-7-17-14/h1-2,4,6-7,12,15H,3,5,8-11H2/t12-/m1/s1. The van der Waals surface area contributed by atoms with Crippen molar-refractivity contribution in [2.45, 2.75) is 12.5 Å². The van der Waals surface area contributed by atoms with Gasteiger partial charge in [-0.15, -0.1) is 0 Å². The molecule has 20 heavy (non-hydrogen) atoms. The lowest BCUT2D eigenvalue weighted by Crippen LogP contribution is -2.45. The zero-order valence-corrected chi connectivity index (χ0v) is 11.4. The van der Waals surface area contributed by atoms with Gasteiger partial charge in [-0.1, -0.05) is 12.2 Å². The molecule has 6 nitrogen and oxygen atoms in total. The van der Waals surface area contributed by atoms with Crippen LogP contribution in [0.4, 0.5) is 5.95 Å². The summed E-state index contributed by atoms with van der Waals surface area (Å²) in [5, 5.41) is 3.18. The fraction of sp³-hybridized carbons (Fsp3) is 0.500. The number of anilines is 1. The summed E-state index contributed by atoms with van der Waals surface area (Å²) < 4.78 is 0. The van der Waals surface area contributed by atoms with Gasteiger partial charge in [-0.3, -0.25) is 10.1 Å². The van der Waals surface area contributed by atoms with E-state index in [9.17, 15) is 4.79 Å². The van der Waals surface area contributed by atoms with Gasteiger partial charge in [0, 0.05) is 45.1 Å². The number of hydrogen-bond acceptors (Lipinski definition) is 5. The Labute approximate surface area is 118 Å². The summed E-state index contributed by atoms with van der Waals surface area (Å²) in [4.78, 5) is 25.0. The van der Waals surface area contributed by atoms with Crippen molar-refractivity contribution in [2.24, 2.45) is 0 Å². The molecule has 3 heterocycles. The molecule has 2 aliphatic rings. The summed E-state index contributed by atoms with van der Waals surface area (Å²) in [5.74, 6) is 0.926. The van der Waals surface area contributed by atoms with Crippen LogP contribution in [0.25, 0.3) is 0 Å². The van der Waals surface area contributed by atoms with Crippen LogP contribution in [0.3, 0.4) is 0 Å². The monoisotopic (exact) mass is 273 g/mol. The Bertz CT molecular complexity index is 490. The molecule has 3 rings (SSSR count). The maximum absolute atomic E-state index is 12.4. The number of nitrogens with zero attached hydrogens (tertiary/aromatic N) is 4. The Morgan fingerprint density at radius 1 is 1.20 bits per heavy atom. The van der Waals surface area contributed by atoms with Gasteiger partial charge >= 0.3 is 0 Å². The van der Waals surface area contributed by atoms with Gasteiger partial charge in [0.25, 0.3) is 0 Å². The zero-order chi connectivity index (χ0) is 13.8. The largest absolute Gasteiger partial charge is 0.339 e. The van der Waals surface area contributed by atoms with Crippen LogP contribution in [-0.2, 0) is 4.79 Å². The lowest BCUT2D eigenvalue weighted by molar-refractivity contribution is -0.131. The van der Waals surface area contributed by atoms with Gasteiger partial charge in [-0.05, 0) is 12.5 Å². The molecule has 0 unspecified atom stereocenters. The first-order valence-electron chi connectivity index (χ1n) is 7.05. The second kappa shape index (κ2) is 6.00. The van der Waals surface area contributed by atoms with E-state index in [0.717, 1.165) is 45.1 Å². The minimum atomic E-state index is -0.144. The van der Waals surface area contributed by atoms with Crippen LogP contribution in [0, 0.1) is 0 Å². The summed E-state index contributed by atoms with van der Waals surface area (Å²) in [6.07, 6.45) is 8.41. The highest BCUT2D eigenvalue weighted by atomic mass is 16.2. The minimum Gasteiger partial charge on any atom is -0.339 e. The molecule has 6 heteroatoms. The maximum Gasteiger partial charge on any atom is 0.243 e. The van der Waals surface area contributed by atoms with Gasteiger partial charge in [-0.25, -0.2) is 9.97 Å². The van der Waals surface area contributed by atoms with Gasteiger partial charge in [0.1, 0.15) is 6.04 Å². The van der Waals surface area contributed by atoms with E-state index < -0.39 is 0 Å². The van der Waals surface area contributed by atoms with Crippen molar-refractivity contribution >= 4 is 11.9 Å². The molecule has 1 aromatic rings. The van der Waals surface area contributed by atoms with E-state index in [4.69, 9.17) is 0 Å². The third-order valence-electron chi connectivity index (χ3n) is 3.69. The molecular weight excluding hydrogens is 254 g/mol. The predicted molar refractivity (Wildman–Crippen MR) is 76.4 cm³/mol. The molecule has 106 valence electrons. The second-order valence-corrected chi connectivity index (χ2v) is 5.03. The molecule has 2 aliphatic heterocycles. The van der Waals surface area contributed by atoms with Crippen molar-refractivity contribution in [3.8, 4) is 0 Å². The average Bonchev–Trinajstić information content (AvgIpc) is 2.92. The molecule has 0 aliphatic carbocycles. The van der Waals surface area contributed by atoms with E-state index >= 15 is 0 Å². The number of amides is 1. The third-order valence-corrected chi connectivity index (χ3v) is 3.69. The van der Waals surface area contributed by atoms with Crippen LogP contribution < -0.4 is 10.2 Å². The number of nitrogens with one attached hydrogen (secondary N) is 1. The number of carbonyl (C=O) groups excluding carboxylic acids is 1. The number of carbonyl (C=O) groups is 1. The van der Waals surface area contributed by atoms with Gasteiger partial charge in [0.2, 0.25) is 11.9 Å². The minimum absolute atomic E-state index is 0.144. The predicted octanol–water partition coefficient (Wildman–Crippen LogP) is 0.0433. The first kappa shape index (κ1) is 13.1. The summed E-state index contributed by atoms with van der Waals surface area (Å²) in [6, 6.07) is 1.67. The molecule has 1 atom stereocenters. The van der Waals surface area contributed by atoms with E-state index in [2.05, 4.69) is 20.2 Å². The van der Waals surface area contributed by atoms with Crippen molar-refractivity contribution in [1.82, 2.24) is 20.2 Å². The van der Waals surface area contributed by atoms with Crippen LogP contribution in [-0.4, -0.2) is 59.5 Å². The third kappa shape index (κ3) is 2.80. The fourth-order valence-corrected chi connectivity index (χ4v) is 2.63. The number of aromatic nitrogens is 2. The molecule has 0 radical (unpaired) electrons. The molecule has 0 spiro atoms. The van der Waals surface area contributed by atoms with Gasteiger partial charge < -0.3 is 9.80 Å². The Morgan fingerprint density at radius 2 is 2.05 bits per heavy atom. The molecule has 0 bridgehead atoms. The Kier molecular flexibility index (Phi) is 3.92. The summed E-state index contributed by atoms with van der Waals surface area (Å²) in [5.41, 5.74) is 0. The topological polar surface area (TPSA) is 61.4 Å². The highest BCUT2D eigenvalue weighted by Crippen LogP contribution is 2.11. The van der Waals surface area contributed by atoms with Crippen LogP contribution in [0.5, 0.6) is 0 Å². The number of rotatable bonds is 2. The molecule has 1 aromatic heterocycles. The van der Waals surface area contributed by atoms with Crippen molar-refractivity contribution in [3.63, 3.8) is 0 Å². The fourth-order valence-electron chi connectivity index (χ4n) is 2.63. The smallest absolute Gasteiger partial charge is 0.243 e. The molecule has 1 saturated heterocycles. The average molecular weight is 273 g/mol. The van der Waals surface area contributed by atoms with Gasteiger partial charge in [-0.2, -0.15) is 0 Å². The summed E-state index contributed by atoms with van der Waals surface area (Å²) in [6.45, 7) is 3.99. The Hall–Kier alpha value is -1.95. The highest BCUT2D eigenvalue weighted by molar-refractivity contribution is 5.84. The van der Waals surface area contributed by atoms with Crippen molar-refractivity contribution in [2.75, 3.05) is 37.6 Å². The summed E-state index contributed by atoms with van der Waals surface area (Å²) in [7, 11) is 0. The normalized spacial score (nSPS) is 22.9. The maximum atomic E-state index is 12.4. The van der Waals surface area contributed by atoms with Crippen molar-refractivity contribution < 1.29 is 4.79 Å². The Balaban J connectivity index is 1.62. The lowest BCUT2D eigenvalue weighted by Gasteiger charge is -2.24. The van der Waals surface area contributed by atoms with Crippen LogP contribution in [0.2, 0.25) is 0 Å². The molecule has 1 fully saturated rings. The lowest BCUT2D eigenvalue weighted by atomic mass is 10.2. The number of hydrogen-bond donors (Lipinski definition) is 1. The highest BCUT2D eigenvalue weighted by Gasteiger charge is 2.26.